The molecule has 0 radical (unpaired) electrons. The number of nitrogens with one attached hydrogen (secondary N) is 1. The number of carbonyl (C=O) groups excluding carboxylic acids is 1. The Balaban J connectivity index is 3.01. The lowest BCUT2D eigenvalue weighted by atomic mass is 9.93. The van der Waals surface area contributed by atoms with Crippen molar-refractivity contribution in [1.29, 1.82) is 0 Å². The van der Waals surface area contributed by atoms with E-state index in [-0.39, 0.29) is 12.1 Å². The van der Waals surface area contributed by atoms with Crippen molar-refractivity contribution in [2.75, 3.05) is 17.7 Å². The molecular weight excluding hydrogens is 230 g/mol. The Labute approximate surface area is 107 Å². The first-order valence-electron chi connectivity index (χ1n) is 6.06. The lowest BCUT2D eigenvalue weighted by Crippen LogP contribution is -2.41. The van der Waals surface area contributed by atoms with Gasteiger partial charge in [-0.2, -0.15) is 0 Å². The number of carbonyl (C=O) groups is 1. The summed E-state index contributed by atoms with van der Waals surface area (Å²) in [7, 11) is 0. The Morgan fingerprint density at radius 3 is 2.39 bits per heavy atom. The predicted molar refractivity (Wildman–Crippen MR) is 73.4 cm³/mol. The van der Waals surface area contributed by atoms with Crippen molar-refractivity contribution in [2.45, 2.75) is 32.2 Å². The molecule has 0 aliphatic carbocycles. The fraction of sp³-hybridized carbons (Fsp3) is 0.462. The van der Waals surface area contributed by atoms with Crippen molar-refractivity contribution in [1.82, 2.24) is 0 Å². The van der Waals surface area contributed by atoms with Gasteiger partial charge in [-0.15, -0.1) is 0 Å². The van der Waals surface area contributed by atoms with E-state index in [0.29, 0.717) is 16.9 Å². The second kappa shape index (κ2) is 5.73. The van der Waals surface area contributed by atoms with Gasteiger partial charge in [0.2, 0.25) is 5.91 Å². The van der Waals surface area contributed by atoms with E-state index in [2.05, 4.69) is 5.32 Å². The summed E-state index contributed by atoms with van der Waals surface area (Å²) in [6, 6.07) is 4.87. The van der Waals surface area contributed by atoms with Crippen LogP contribution >= 0.6 is 0 Å². The Bertz CT molecular complexity index is 420. The van der Waals surface area contributed by atoms with Gasteiger partial charge >= 0.3 is 0 Å². The molecule has 0 aromatic heterocycles. The largest absolute Gasteiger partial charge is 0.397 e. The van der Waals surface area contributed by atoms with E-state index in [1.54, 1.807) is 12.1 Å². The number of aliphatic hydroxyl groups is 1. The first-order chi connectivity index (χ1) is 8.48. The van der Waals surface area contributed by atoms with Crippen molar-refractivity contribution >= 4 is 17.3 Å². The third-order valence-electron chi connectivity index (χ3n) is 3.39. The Hall–Kier alpha value is -1.75. The van der Waals surface area contributed by atoms with Gasteiger partial charge in [-0.05, 0) is 31.0 Å². The molecule has 0 atom stereocenters. The summed E-state index contributed by atoms with van der Waals surface area (Å²) >= 11 is 0. The Morgan fingerprint density at radius 1 is 1.39 bits per heavy atom. The Morgan fingerprint density at radius 2 is 2.00 bits per heavy atom. The van der Waals surface area contributed by atoms with Crippen LogP contribution in [0.15, 0.2) is 18.2 Å². The molecule has 6 N–H and O–H groups in total. The van der Waals surface area contributed by atoms with Crippen LogP contribution in [0.2, 0.25) is 0 Å². The molecule has 0 unspecified atom stereocenters. The molecule has 1 aromatic carbocycles. The van der Waals surface area contributed by atoms with Crippen molar-refractivity contribution in [3.63, 3.8) is 0 Å². The molecule has 0 bridgehead atoms. The molecular formula is C13H21N3O2. The van der Waals surface area contributed by atoms with Gasteiger partial charge in [-0.25, -0.2) is 0 Å². The van der Waals surface area contributed by atoms with Gasteiger partial charge in [0.05, 0.1) is 23.5 Å². The van der Waals surface area contributed by atoms with Crippen LogP contribution in [0.25, 0.3) is 0 Å². The van der Waals surface area contributed by atoms with E-state index >= 15 is 0 Å². The van der Waals surface area contributed by atoms with Crippen LogP contribution in [0.3, 0.4) is 0 Å². The number of anilines is 2. The molecule has 1 aromatic rings. The Kier molecular flexibility index (Phi) is 4.55. The quantitative estimate of drug-likeness (QED) is 0.573. The number of nitrogen functional groups attached to an aromatic ring is 1. The number of nitrogens with two attached hydrogens (primary N) is 2. The van der Waals surface area contributed by atoms with Gasteiger partial charge in [0, 0.05) is 5.56 Å². The second-order valence-electron chi connectivity index (χ2n) is 4.44. The van der Waals surface area contributed by atoms with E-state index in [0.717, 1.165) is 12.8 Å². The molecule has 0 saturated carbocycles. The molecule has 0 saturated heterocycles. The molecule has 0 aliphatic heterocycles. The van der Waals surface area contributed by atoms with Gasteiger partial charge in [0.1, 0.15) is 0 Å². The third-order valence-corrected chi connectivity index (χ3v) is 3.39. The minimum Gasteiger partial charge on any atom is -0.397 e. The van der Waals surface area contributed by atoms with Crippen LogP contribution < -0.4 is 16.8 Å². The molecule has 0 heterocycles. The first-order valence-corrected chi connectivity index (χ1v) is 6.06. The molecule has 100 valence electrons. The number of hydrogen-bond donors (Lipinski definition) is 4. The van der Waals surface area contributed by atoms with Crippen molar-refractivity contribution < 1.29 is 9.90 Å². The van der Waals surface area contributed by atoms with Crippen LogP contribution in [-0.2, 0) is 0 Å². The maximum absolute atomic E-state index is 11.0. The molecule has 0 aliphatic rings. The molecule has 5 nitrogen and oxygen atoms in total. The first kappa shape index (κ1) is 14.3. The molecule has 0 fully saturated rings. The van der Waals surface area contributed by atoms with Crippen molar-refractivity contribution in [3.8, 4) is 0 Å². The van der Waals surface area contributed by atoms with E-state index in [1.807, 2.05) is 13.8 Å². The zero-order valence-corrected chi connectivity index (χ0v) is 10.9. The fourth-order valence-corrected chi connectivity index (χ4v) is 1.81. The molecule has 1 amide bonds. The highest BCUT2D eigenvalue weighted by Crippen LogP contribution is 2.27. The lowest BCUT2D eigenvalue weighted by molar-refractivity contribution is 0.100. The molecule has 5 heteroatoms. The van der Waals surface area contributed by atoms with Crippen LogP contribution in [-0.4, -0.2) is 23.2 Å². The number of aliphatic hydroxyl groups excluding tert-OH is 1. The summed E-state index contributed by atoms with van der Waals surface area (Å²) in [5.41, 5.74) is 12.2. The summed E-state index contributed by atoms with van der Waals surface area (Å²) in [4.78, 5) is 11.0. The van der Waals surface area contributed by atoms with E-state index in [4.69, 9.17) is 11.5 Å². The minimum absolute atomic E-state index is 0.0248. The van der Waals surface area contributed by atoms with Gasteiger partial charge in [0.15, 0.2) is 0 Å². The van der Waals surface area contributed by atoms with Crippen LogP contribution in [0.1, 0.15) is 37.0 Å². The summed E-state index contributed by atoms with van der Waals surface area (Å²) < 4.78 is 0. The molecule has 1 rings (SSSR count). The standard InChI is InChI=1S/C13H21N3O2/c1-3-13(4-2,8-17)16-11-6-5-9(12(15)18)7-10(11)14/h5-7,16-17H,3-4,8,14H2,1-2H3,(H2,15,18). The van der Waals surface area contributed by atoms with Gasteiger partial charge in [0.25, 0.3) is 0 Å². The van der Waals surface area contributed by atoms with Crippen molar-refractivity contribution in [3.05, 3.63) is 23.8 Å². The van der Waals surface area contributed by atoms with Gasteiger partial charge < -0.3 is 21.9 Å². The zero-order chi connectivity index (χ0) is 13.8. The molecule has 0 spiro atoms. The fourth-order valence-electron chi connectivity index (χ4n) is 1.81. The van der Waals surface area contributed by atoms with E-state index < -0.39 is 5.91 Å². The predicted octanol–water partition coefficient (Wildman–Crippen LogP) is 1.33. The lowest BCUT2D eigenvalue weighted by Gasteiger charge is -2.32. The minimum atomic E-state index is -0.507. The maximum atomic E-state index is 11.0. The highest BCUT2D eigenvalue weighted by molar-refractivity contribution is 5.94. The summed E-state index contributed by atoms with van der Waals surface area (Å²) in [5.74, 6) is -0.507. The smallest absolute Gasteiger partial charge is 0.248 e. The number of benzene rings is 1. The van der Waals surface area contributed by atoms with Crippen molar-refractivity contribution in [2.24, 2.45) is 5.73 Å². The van der Waals surface area contributed by atoms with Crippen LogP contribution in [0, 0.1) is 0 Å². The number of rotatable bonds is 6. The zero-order valence-electron chi connectivity index (χ0n) is 10.9. The van der Waals surface area contributed by atoms with Crippen LogP contribution in [0.5, 0.6) is 0 Å². The number of hydrogen-bond acceptors (Lipinski definition) is 4. The average Bonchev–Trinajstić information content (AvgIpc) is 2.38. The van der Waals surface area contributed by atoms with E-state index in [1.165, 1.54) is 6.07 Å². The maximum Gasteiger partial charge on any atom is 0.248 e. The third kappa shape index (κ3) is 2.92. The van der Waals surface area contributed by atoms with Gasteiger partial charge in [-0.3, -0.25) is 4.79 Å². The normalized spacial score (nSPS) is 11.3. The number of amides is 1. The SMILES string of the molecule is CCC(CC)(CO)Nc1ccc(C(N)=O)cc1N. The highest BCUT2D eigenvalue weighted by atomic mass is 16.3. The molecule has 18 heavy (non-hydrogen) atoms. The topological polar surface area (TPSA) is 101 Å². The monoisotopic (exact) mass is 251 g/mol. The number of primary amides is 1. The van der Waals surface area contributed by atoms with Gasteiger partial charge in [-0.1, -0.05) is 13.8 Å². The summed E-state index contributed by atoms with van der Waals surface area (Å²) in [6.45, 7) is 4.03. The van der Waals surface area contributed by atoms with Crippen LogP contribution in [0.4, 0.5) is 11.4 Å². The summed E-state index contributed by atoms with van der Waals surface area (Å²) in [6.07, 6.45) is 1.55. The highest BCUT2D eigenvalue weighted by Gasteiger charge is 2.25. The summed E-state index contributed by atoms with van der Waals surface area (Å²) in [5, 5.41) is 12.7. The second-order valence-corrected chi connectivity index (χ2v) is 4.44. The van der Waals surface area contributed by atoms with E-state index in [9.17, 15) is 9.90 Å². The average molecular weight is 251 g/mol.